The molecule has 0 radical (unpaired) electrons. The van der Waals surface area contributed by atoms with Crippen LogP contribution in [-0.4, -0.2) is 29.3 Å². The second kappa shape index (κ2) is 5.63. The molecular formula is C10H13N4O2+. The van der Waals surface area contributed by atoms with Crippen LogP contribution in [0.3, 0.4) is 0 Å². The van der Waals surface area contributed by atoms with Gasteiger partial charge in [0.1, 0.15) is 11.8 Å². The van der Waals surface area contributed by atoms with Gasteiger partial charge in [0.15, 0.2) is 6.20 Å². The Hall–Kier alpha value is -2.20. The lowest BCUT2D eigenvalue weighted by molar-refractivity contribution is -0.671. The van der Waals surface area contributed by atoms with Gasteiger partial charge in [0.2, 0.25) is 0 Å². The van der Waals surface area contributed by atoms with Crippen LogP contribution in [0.5, 0.6) is 0 Å². The average Bonchev–Trinajstić information content (AvgIpc) is 2.65. The highest BCUT2D eigenvalue weighted by Gasteiger charge is 2.08. The summed E-state index contributed by atoms with van der Waals surface area (Å²) in [6.07, 6.45) is 6.47. The summed E-state index contributed by atoms with van der Waals surface area (Å²) in [5, 5.41) is 10.9. The highest BCUT2D eigenvalue weighted by molar-refractivity contribution is 6.16. The van der Waals surface area contributed by atoms with E-state index >= 15 is 0 Å². The maximum absolute atomic E-state index is 11.3. The summed E-state index contributed by atoms with van der Waals surface area (Å²) in [5.41, 5.74) is -0.0156. The highest BCUT2D eigenvalue weighted by atomic mass is 16.5. The van der Waals surface area contributed by atoms with Crippen molar-refractivity contribution >= 4 is 18.1 Å². The van der Waals surface area contributed by atoms with Gasteiger partial charge in [-0.2, -0.15) is 0 Å². The van der Waals surface area contributed by atoms with Gasteiger partial charge in [0, 0.05) is 0 Å². The smallest absolute Gasteiger partial charge is 0.349 e. The Balaban J connectivity index is 2.75. The van der Waals surface area contributed by atoms with Gasteiger partial charge in [-0.05, 0) is 12.8 Å². The first-order valence-corrected chi connectivity index (χ1v) is 4.71. The van der Waals surface area contributed by atoms with E-state index in [0.717, 1.165) is 0 Å². The van der Waals surface area contributed by atoms with Crippen molar-refractivity contribution < 1.29 is 14.1 Å². The Morgan fingerprint density at radius 1 is 1.75 bits per heavy atom. The number of ether oxygens (including phenoxy) is 1. The molecule has 1 aromatic rings. The molecule has 6 nitrogen and oxygen atoms in total. The van der Waals surface area contributed by atoms with E-state index in [1.807, 2.05) is 12.9 Å². The first-order valence-electron chi connectivity index (χ1n) is 4.71. The number of imidazole rings is 1. The summed E-state index contributed by atoms with van der Waals surface area (Å²) in [7, 11) is 1.85. The molecule has 0 spiro atoms. The molecule has 0 saturated carbocycles. The van der Waals surface area contributed by atoms with Crippen LogP contribution in [0.15, 0.2) is 29.4 Å². The van der Waals surface area contributed by atoms with Gasteiger partial charge in [0.05, 0.1) is 19.9 Å². The van der Waals surface area contributed by atoms with Crippen LogP contribution in [0.4, 0.5) is 0 Å². The number of aromatic nitrogens is 2. The maximum atomic E-state index is 11.3. The van der Waals surface area contributed by atoms with E-state index in [9.17, 15) is 4.79 Å². The van der Waals surface area contributed by atoms with Gasteiger partial charge in [-0.25, -0.2) is 9.36 Å². The molecule has 16 heavy (non-hydrogen) atoms. The van der Waals surface area contributed by atoms with Crippen LogP contribution in [0.1, 0.15) is 6.92 Å². The zero-order chi connectivity index (χ0) is 12.0. The van der Waals surface area contributed by atoms with Crippen molar-refractivity contribution in [3.8, 4) is 0 Å². The monoisotopic (exact) mass is 221 g/mol. The summed E-state index contributed by atoms with van der Waals surface area (Å²) >= 11 is 0. The number of carbonyl (C=O) groups excluding carboxylic acids is 1. The van der Waals surface area contributed by atoms with E-state index in [2.05, 4.69) is 5.10 Å². The lowest BCUT2D eigenvalue weighted by Gasteiger charge is -1.97. The summed E-state index contributed by atoms with van der Waals surface area (Å²) in [4.78, 5) is 11.3. The molecule has 0 aromatic carbocycles. The van der Waals surface area contributed by atoms with E-state index in [-0.39, 0.29) is 12.2 Å². The van der Waals surface area contributed by atoms with Crippen LogP contribution in [0.25, 0.3) is 0 Å². The highest BCUT2D eigenvalue weighted by Crippen LogP contribution is 1.91. The Labute approximate surface area is 93.0 Å². The van der Waals surface area contributed by atoms with Gasteiger partial charge < -0.3 is 4.74 Å². The molecule has 0 fully saturated rings. The quantitative estimate of drug-likeness (QED) is 0.333. The van der Waals surface area contributed by atoms with Crippen molar-refractivity contribution in [2.24, 2.45) is 12.1 Å². The fourth-order valence-corrected chi connectivity index (χ4v) is 0.975. The Kier molecular flexibility index (Phi) is 4.17. The molecule has 0 aliphatic carbocycles. The van der Waals surface area contributed by atoms with E-state index in [1.165, 1.54) is 10.9 Å². The summed E-state index contributed by atoms with van der Waals surface area (Å²) < 4.78 is 8.04. The zero-order valence-corrected chi connectivity index (χ0v) is 9.17. The van der Waals surface area contributed by atoms with Crippen molar-refractivity contribution in [3.05, 3.63) is 24.3 Å². The molecule has 0 aliphatic rings. The number of rotatable bonds is 4. The normalized spacial score (nSPS) is 10.1. The van der Waals surface area contributed by atoms with Crippen molar-refractivity contribution in [1.29, 1.82) is 5.41 Å². The molecule has 1 rings (SSSR count). The number of hydrogen-bond acceptors (Lipinski definition) is 4. The molecular weight excluding hydrogens is 208 g/mol. The lowest BCUT2D eigenvalue weighted by Crippen LogP contribution is -2.23. The topological polar surface area (TPSA) is 71.3 Å². The number of esters is 1. The van der Waals surface area contributed by atoms with E-state index in [0.29, 0.717) is 0 Å². The molecule has 6 heteroatoms. The van der Waals surface area contributed by atoms with Crippen LogP contribution < -0.4 is 4.57 Å². The number of carbonyl (C=O) groups is 1. The van der Waals surface area contributed by atoms with Gasteiger partial charge in [0.25, 0.3) is 6.33 Å². The molecule has 0 atom stereocenters. The van der Waals surface area contributed by atoms with Gasteiger partial charge in [-0.15, -0.1) is 4.68 Å². The third-order valence-corrected chi connectivity index (χ3v) is 1.71. The largest absolute Gasteiger partial charge is 0.462 e. The number of nitrogens with one attached hydrogen (secondary N) is 1. The van der Waals surface area contributed by atoms with Crippen LogP contribution in [0, 0.1) is 5.41 Å². The third kappa shape index (κ3) is 3.18. The van der Waals surface area contributed by atoms with Gasteiger partial charge in [-0.3, -0.25) is 5.41 Å². The first kappa shape index (κ1) is 11.9. The lowest BCUT2D eigenvalue weighted by atomic mass is 10.3. The van der Waals surface area contributed by atoms with Crippen molar-refractivity contribution in [1.82, 2.24) is 4.68 Å². The minimum Gasteiger partial charge on any atom is -0.462 e. The maximum Gasteiger partial charge on any atom is 0.349 e. The van der Waals surface area contributed by atoms with Crippen LogP contribution in [0.2, 0.25) is 0 Å². The average molecular weight is 221 g/mol. The second-order valence-electron chi connectivity index (χ2n) is 2.96. The third-order valence-electron chi connectivity index (χ3n) is 1.71. The molecule has 0 unspecified atom stereocenters. The van der Waals surface area contributed by atoms with E-state index in [4.69, 9.17) is 10.1 Å². The molecule has 0 bridgehead atoms. The second-order valence-corrected chi connectivity index (χ2v) is 2.96. The zero-order valence-electron chi connectivity index (χ0n) is 9.17. The van der Waals surface area contributed by atoms with Crippen molar-refractivity contribution in [2.75, 3.05) is 6.61 Å². The molecule has 84 valence electrons. The molecule has 1 aromatic heterocycles. The Morgan fingerprint density at radius 2 is 2.50 bits per heavy atom. The van der Waals surface area contributed by atoms with E-state index in [1.54, 1.807) is 30.2 Å². The summed E-state index contributed by atoms with van der Waals surface area (Å²) in [6.45, 7) is 1.96. The SMILES string of the molecule is CCOC(=O)C(=C=N)/C=N/n1cc[n+](C)c1. The molecule has 0 saturated heterocycles. The van der Waals surface area contributed by atoms with Gasteiger partial charge >= 0.3 is 5.97 Å². The Morgan fingerprint density at radius 3 is 3.00 bits per heavy atom. The Bertz CT molecular complexity index is 455. The molecule has 1 heterocycles. The predicted molar refractivity (Wildman–Crippen MR) is 57.4 cm³/mol. The fraction of sp³-hybridized carbons (Fsp3) is 0.300. The molecule has 0 aliphatic heterocycles. The van der Waals surface area contributed by atoms with Crippen LogP contribution in [-0.2, 0) is 16.6 Å². The first-order chi connectivity index (χ1) is 7.67. The van der Waals surface area contributed by atoms with Gasteiger partial charge in [-0.1, -0.05) is 5.10 Å². The fourth-order valence-electron chi connectivity index (χ4n) is 0.975. The van der Waals surface area contributed by atoms with Crippen LogP contribution >= 0.6 is 0 Å². The van der Waals surface area contributed by atoms with E-state index < -0.39 is 5.97 Å². The minimum atomic E-state index is -0.599. The summed E-state index contributed by atoms with van der Waals surface area (Å²) in [5.74, 6) is 1.39. The molecule has 0 amide bonds. The number of nitrogens with zero attached hydrogens (tertiary/aromatic N) is 3. The summed E-state index contributed by atoms with van der Waals surface area (Å²) in [6, 6.07) is 0. The van der Waals surface area contributed by atoms with Crippen molar-refractivity contribution in [3.63, 3.8) is 0 Å². The van der Waals surface area contributed by atoms with Crippen molar-refractivity contribution in [2.45, 2.75) is 6.92 Å². The number of hydrogen-bond donors (Lipinski definition) is 1. The minimum absolute atomic E-state index is 0.0156. The molecule has 1 N–H and O–H groups in total. The number of aryl methyl sites for hydroxylation is 1. The standard InChI is InChI=1S/C10H13N4O2/c1-3-16-10(15)9(6-11)7-12-14-5-4-13(2)8-14/h4-5,7-8,11H,3H2,1-2H3/q+1/b12-7+. The predicted octanol–water partition coefficient (Wildman–Crippen LogP) is -0.116.